The molecule has 0 unspecified atom stereocenters. The average Bonchev–Trinajstić information content (AvgIpc) is 2.68. The minimum Gasteiger partial charge on any atom is -0.452 e. The second-order valence-corrected chi connectivity index (χ2v) is 8.43. The molecule has 1 amide bonds. The number of anilines is 1. The van der Waals surface area contributed by atoms with Crippen LogP contribution in [0.5, 0.6) is 0 Å². The Morgan fingerprint density at radius 3 is 2.24 bits per heavy atom. The molecule has 0 aliphatic heterocycles. The van der Waals surface area contributed by atoms with Gasteiger partial charge in [-0.3, -0.25) is 9.59 Å². The summed E-state index contributed by atoms with van der Waals surface area (Å²) in [6, 6.07) is 11.5. The number of esters is 1. The maximum absolute atomic E-state index is 13.0. The van der Waals surface area contributed by atoms with E-state index in [0.717, 1.165) is 40.6 Å². The Morgan fingerprint density at radius 1 is 1.10 bits per heavy atom. The van der Waals surface area contributed by atoms with Gasteiger partial charge in [-0.15, -0.1) is 0 Å². The maximum Gasteiger partial charge on any atom is 0.322 e. The van der Waals surface area contributed by atoms with Gasteiger partial charge < -0.3 is 10.1 Å². The lowest BCUT2D eigenvalue weighted by atomic mass is 10.1. The molecule has 0 aliphatic carbocycles. The van der Waals surface area contributed by atoms with Gasteiger partial charge in [0, 0.05) is 12.7 Å². The summed E-state index contributed by atoms with van der Waals surface area (Å²) in [5.41, 5.74) is 1.68. The zero-order valence-electron chi connectivity index (χ0n) is 16.4. The highest BCUT2D eigenvalue weighted by molar-refractivity contribution is 7.89. The topological polar surface area (TPSA) is 92.8 Å². The highest BCUT2D eigenvalue weighted by Gasteiger charge is 2.25. The van der Waals surface area contributed by atoms with E-state index >= 15 is 0 Å². The van der Waals surface area contributed by atoms with E-state index in [1.54, 1.807) is 12.1 Å². The number of nitrogens with zero attached hydrogens (tertiary/aromatic N) is 1. The molecule has 0 saturated carbocycles. The van der Waals surface area contributed by atoms with Crippen molar-refractivity contribution in [1.29, 1.82) is 0 Å². The van der Waals surface area contributed by atoms with Crippen LogP contribution in [0.3, 0.4) is 0 Å². The second kappa shape index (κ2) is 9.62. The molecule has 2 aromatic carbocycles. The van der Waals surface area contributed by atoms with Crippen LogP contribution < -0.4 is 5.32 Å². The van der Waals surface area contributed by atoms with Crippen LogP contribution in [0.2, 0.25) is 0 Å². The highest BCUT2D eigenvalue weighted by atomic mass is 32.2. The van der Waals surface area contributed by atoms with E-state index in [1.165, 1.54) is 14.0 Å². The van der Waals surface area contributed by atoms with Gasteiger partial charge in [0.1, 0.15) is 12.4 Å². The summed E-state index contributed by atoms with van der Waals surface area (Å²) in [6.45, 7) is 2.81. The molecule has 0 saturated heterocycles. The van der Waals surface area contributed by atoms with E-state index in [0.29, 0.717) is 5.69 Å². The number of carbonyl (C=O) groups excluding carboxylic acids is 2. The van der Waals surface area contributed by atoms with Gasteiger partial charge in [0.15, 0.2) is 6.10 Å². The van der Waals surface area contributed by atoms with Crippen LogP contribution in [0, 0.1) is 5.82 Å². The van der Waals surface area contributed by atoms with Crippen LogP contribution in [0.1, 0.15) is 19.4 Å². The van der Waals surface area contributed by atoms with Crippen LogP contribution in [0.25, 0.3) is 0 Å². The Morgan fingerprint density at radius 2 is 1.69 bits per heavy atom. The third kappa shape index (κ3) is 6.10. The summed E-state index contributed by atoms with van der Waals surface area (Å²) in [6.07, 6.45) is -0.244. The lowest BCUT2D eigenvalue weighted by molar-refractivity contribution is -0.153. The molecule has 156 valence electrons. The Hall–Kier alpha value is -2.78. The normalized spacial score (nSPS) is 12.4. The van der Waals surface area contributed by atoms with Crippen molar-refractivity contribution in [1.82, 2.24) is 4.31 Å². The van der Waals surface area contributed by atoms with Gasteiger partial charge in [-0.1, -0.05) is 19.1 Å². The summed E-state index contributed by atoms with van der Waals surface area (Å²) in [5, 5.41) is 2.63. The molecule has 1 atom stereocenters. The first kappa shape index (κ1) is 22.5. The van der Waals surface area contributed by atoms with Crippen LogP contribution in [0.4, 0.5) is 10.1 Å². The van der Waals surface area contributed by atoms with Gasteiger partial charge in [-0.2, -0.15) is 4.31 Å². The van der Waals surface area contributed by atoms with Gasteiger partial charge >= 0.3 is 5.97 Å². The number of aryl methyl sites for hydroxylation is 1. The van der Waals surface area contributed by atoms with Crippen molar-refractivity contribution in [3.8, 4) is 0 Å². The number of hydrogen-bond donors (Lipinski definition) is 1. The number of carbonyl (C=O) groups is 2. The van der Waals surface area contributed by atoms with E-state index in [9.17, 15) is 22.4 Å². The fourth-order valence-electron chi connectivity index (χ4n) is 2.41. The molecular weight excluding hydrogens is 399 g/mol. The summed E-state index contributed by atoms with van der Waals surface area (Å²) in [7, 11) is -2.80. The second-order valence-electron chi connectivity index (χ2n) is 6.39. The largest absolute Gasteiger partial charge is 0.452 e. The highest BCUT2D eigenvalue weighted by Crippen LogP contribution is 2.15. The number of sulfonamides is 1. The van der Waals surface area contributed by atoms with Gasteiger partial charge in [0.05, 0.1) is 4.90 Å². The lowest BCUT2D eigenvalue weighted by Gasteiger charge is -2.18. The van der Waals surface area contributed by atoms with Crippen molar-refractivity contribution in [3.63, 3.8) is 0 Å². The number of hydrogen-bond acceptors (Lipinski definition) is 5. The van der Waals surface area contributed by atoms with Crippen molar-refractivity contribution in [2.75, 3.05) is 18.9 Å². The molecule has 0 aromatic heterocycles. The summed E-state index contributed by atoms with van der Waals surface area (Å²) in [4.78, 5) is 24.1. The summed E-state index contributed by atoms with van der Waals surface area (Å²) < 4.78 is 43.6. The van der Waals surface area contributed by atoms with Crippen LogP contribution >= 0.6 is 0 Å². The number of amides is 1. The average molecular weight is 422 g/mol. The molecule has 0 aliphatic rings. The number of likely N-dealkylation sites (N-methyl/N-ethyl adjacent to an activating group) is 1. The Kier molecular flexibility index (Phi) is 7.46. The molecule has 9 heteroatoms. The molecule has 7 nitrogen and oxygen atoms in total. The van der Waals surface area contributed by atoms with Crippen molar-refractivity contribution in [3.05, 3.63) is 59.9 Å². The standard InChI is InChI=1S/C20H23FN2O5S/c1-4-15-5-9-17(10-6-15)22-20(25)14(2)28-19(24)13-23(3)29(26,27)18-11-7-16(21)8-12-18/h5-12,14H,4,13H2,1-3H3,(H,22,25)/t14-/m0/s1. The first-order valence-corrected chi connectivity index (χ1v) is 10.4. The van der Waals surface area contributed by atoms with Crippen molar-refractivity contribution in [2.45, 2.75) is 31.3 Å². The van der Waals surface area contributed by atoms with Gasteiger partial charge in [-0.05, 0) is 55.3 Å². The van der Waals surface area contributed by atoms with Crippen molar-refractivity contribution < 1.29 is 27.1 Å². The predicted octanol–water partition coefficient (Wildman–Crippen LogP) is 2.58. The number of halogens is 1. The smallest absolute Gasteiger partial charge is 0.322 e. The van der Waals surface area contributed by atoms with Crippen LogP contribution in [-0.2, 0) is 30.8 Å². The summed E-state index contributed by atoms with van der Waals surface area (Å²) in [5.74, 6) is -2.00. The molecular formula is C20H23FN2O5S. The Bertz CT molecular complexity index is 959. The third-order valence-corrected chi connectivity index (χ3v) is 6.00. The maximum atomic E-state index is 13.0. The number of ether oxygens (including phenoxy) is 1. The zero-order chi connectivity index (χ0) is 21.6. The molecule has 29 heavy (non-hydrogen) atoms. The quantitative estimate of drug-likeness (QED) is 0.660. The van der Waals surface area contributed by atoms with Gasteiger partial charge in [-0.25, -0.2) is 12.8 Å². The number of benzene rings is 2. The molecule has 1 N–H and O–H groups in total. The SMILES string of the molecule is CCc1ccc(NC(=O)[C@H](C)OC(=O)CN(C)S(=O)(=O)c2ccc(F)cc2)cc1. The fraction of sp³-hybridized carbons (Fsp3) is 0.300. The minimum atomic E-state index is -4.00. The van der Waals surface area contributed by atoms with E-state index in [2.05, 4.69) is 5.32 Å². The molecule has 0 bridgehead atoms. The van der Waals surface area contributed by atoms with Crippen LogP contribution in [-0.4, -0.2) is 44.3 Å². The monoisotopic (exact) mass is 422 g/mol. The van der Waals surface area contributed by atoms with Gasteiger partial charge in [0.2, 0.25) is 10.0 Å². The molecule has 2 aromatic rings. The lowest BCUT2D eigenvalue weighted by Crippen LogP contribution is -2.37. The fourth-order valence-corrected chi connectivity index (χ4v) is 3.52. The first-order chi connectivity index (χ1) is 13.6. The molecule has 0 spiro atoms. The molecule has 0 fully saturated rings. The van der Waals surface area contributed by atoms with E-state index in [1.807, 2.05) is 19.1 Å². The van der Waals surface area contributed by atoms with Gasteiger partial charge in [0.25, 0.3) is 5.91 Å². The summed E-state index contributed by atoms with van der Waals surface area (Å²) >= 11 is 0. The zero-order valence-corrected chi connectivity index (χ0v) is 17.2. The predicted molar refractivity (Wildman–Crippen MR) is 106 cm³/mol. The van der Waals surface area contributed by atoms with E-state index in [4.69, 9.17) is 4.74 Å². The van der Waals surface area contributed by atoms with Crippen molar-refractivity contribution >= 4 is 27.6 Å². The van der Waals surface area contributed by atoms with E-state index in [-0.39, 0.29) is 4.90 Å². The Balaban J connectivity index is 1.92. The van der Waals surface area contributed by atoms with Crippen molar-refractivity contribution in [2.24, 2.45) is 0 Å². The number of rotatable bonds is 8. The van der Waals surface area contributed by atoms with E-state index < -0.39 is 40.4 Å². The third-order valence-electron chi connectivity index (χ3n) is 4.18. The first-order valence-electron chi connectivity index (χ1n) is 8.94. The number of nitrogens with one attached hydrogen (secondary N) is 1. The minimum absolute atomic E-state index is 0.157. The molecule has 0 heterocycles. The van der Waals surface area contributed by atoms with Crippen LogP contribution in [0.15, 0.2) is 53.4 Å². The molecule has 2 rings (SSSR count). The molecule has 0 radical (unpaired) electrons. The Labute approximate surface area is 169 Å².